The van der Waals surface area contributed by atoms with Gasteiger partial charge in [0.25, 0.3) is 0 Å². The fourth-order valence-corrected chi connectivity index (χ4v) is 2.05. The first kappa shape index (κ1) is 14.2. The quantitative estimate of drug-likeness (QED) is 0.807. The van der Waals surface area contributed by atoms with Crippen molar-refractivity contribution in [1.29, 1.82) is 0 Å². The number of phenolic OH excluding ortho intramolecular Hbond substituents is 1. The van der Waals surface area contributed by atoms with E-state index in [1.54, 1.807) is 12.1 Å². The van der Waals surface area contributed by atoms with E-state index in [0.29, 0.717) is 13.0 Å². The van der Waals surface area contributed by atoms with Crippen molar-refractivity contribution in [2.24, 2.45) is 0 Å². The third kappa shape index (κ3) is 3.44. The number of benzene rings is 1. The number of aromatic hydroxyl groups is 1. The molecular formula is C15H20N2O3. The predicted octanol–water partition coefficient (Wildman–Crippen LogP) is 2.94. The second-order valence-electron chi connectivity index (χ2n) is 5.69. The summed E-state index contributed by atoms with van der Waals surface area (Å²) in [6, 6.07) is 5.34. The summed E-state index contributed by atoms with van der Waals surface area (Å²) < 4.78 is 5.16. The summed E-state index contributed by atoms with van der Waals surface area (Å²) in [4.78, 5) is 14.6. The first-order valence-electron chi connectivity index (χ1n) is 6.61. The van der Waals surface area contributed by atoms with Gasteiger partial charge in [0.1, 0.15) is 11.4 Å². The van der Waals surface area contributed by atoms with Crippen LogP contribution in [0.1, 0.15) is 26.3 Å². The number of fused-ring (bicyclic) bond motifs is 1. The van der Waals surface area contributed by atoms with Gasteiger partial charge in [0.05, 0.1) is 0 Å². The highest BCUT2D eigenvalue weighted by molar-refractivity contribution is 5.89. The Morgan fingerprint density at radius 3 is 2.85 bits per heavy atom. The van der Waals surface area contributed by atoms with E-state index in [9.17, 15) is 9.90 Å². The maximum absolute atomic E-state index is 11.5. The summed E-state index contributed by atoms with van der Waals surface area (Å²) >= 11 is 0. The summed E-state index contributed by atoms with van der Waals surface area (Å²) in [6.45, 7) is 5.93. The highest BCUT2D eigenvalue weighted by atomic mass is 16.6. The van der Waals surface area contributed by atoms with Crippen LogP contribution in [0, 0.1) is 0 Å². The number of phenols is 1. The van der Waals surface area contributed by atoms with Crippen LogP contribution in [0.2, 0.25) is 0 Å². The Hall–Kier alpha value is -2.17. The van der Waals surface area contributed by atoms with Gasteiger partial charge in [0.15, 0.2) is 0 Å². The van der Waals surface area contributed by atoms with Crippen LogP contribution in [0.5, 0.6) is 5.75 Å². The van der Waals surface area contributed by atoms with Crippen LogP contribution in [-0.4, -0.2) is 28.3 Å². The molecule has 1 aromatic heterocycles. The number of nitrogens with one attached hydrogen (secondary N) is 2. The zero-order valence-electron chi connectivity index (χ0n) is 12.0. The summed E-state index contributed by atoms with van der Waals surface area (Å²) in [5, 5.41) is 13.4. The van der Waals surface area contributed by atoms with Gasteiger partial charge in [-0.1, -0.05) is 6.07 Å². The average Bonchev–Trinajstić information content (AvgIpc) is 2.71. The number of ether oxygens (including phenoxy) is 1. The summed E-state index contributed by atoms with van der Waals surface area (Å²) in [6.07, 6.45) is 2.04. The molecule has 1 amide bonds. The third-order valence-corrected chi connectivity index (χ3v) is 2.83. The van der Waals surface area contributed by atoms with Gasteiger partial charge in [0.2, 0.25) is 0 Å². The highest BCUT2D eigenvalue weighted by Crippen LogP contribution is 2.27. The van der Waals surface area contributed by atoms with Crippen LogP contribution >= 0.6 is 0 Å². The molecular weight excluding hydrogens is 256 g/mol. The molecule has 0 aliphatic heterocycles. The number of carbonyl (C=O) groups excluding carboxylic acids is 1. The van der Waals surface area contributed by atoms with Crippen LogP contribution in [0.25, 0.3) is 10.9 Å². The smallest absolute Gasteiger partial charge is 0.407 e. The molecule has 5 nitrogen and oxygen atoms in total. The van der Waals surface area contributed by atoms with Gasteiger partial charge in [-0.25, -0.2) is 4.79 Å². The molecule has 0 spiro atoms. The van der Waals surface area contributed by atoms with E-state index in [1.807, 2.05) is 33.0 Å². The van der Waals surface area contributed by atoms with Crippen molar-refractivity contribution in [1.82, 2.24) is 10.3 Å². The Morgan fingerprint density at radius 2 is 2.15 bits per heavy atom. The molecule has 20 heavy (non-hydrogen) atoms. The summed E-state index contributed by atoms with van der Waals surface area (Å²) in [7, 11) is 0. The molecule has 2 rings (SSSR count). The second kappa shape index (κ2) is 5.45. The van der Waals surface area contributed by atoms with Crippen molar-refractivity contribution in [3.63, 3.8) is 0 Å². The number of aromatic nitrogens is 1. The van der Waals surface area contributed by atoms with Crippen molar-refractivity contribution in [2.45, 2.75) is 32.8 Å². The number of hydrogen-bond acceptors (Lipinski definition) is 3. The number of aromatic amines is 1. The lowest BCUT2D eigenvalue weighted by Gasteiger charge is -2.19. The van der Waals surface area contributed by atoms with E-state index in [1.165, 1.54) is 0 Å². The molecule has 0 bridgehead atoms. The minimum atomic E-state index is -0.497. The summed E-state index contributed by atoms with van der Waals surface area (Å²) in [5.41, 5.74) is 1.36. The van der Waals surface area contributed by atoms with Gasteiger partial charge in [0, 0.05) is 23.6 Å². The molecule has 0 saturated carbocycles. The Bertz CT molecular complexity index is 611. The zero-order chi connectivity index (χ0) is 14.8. The molecule has 108 valence electrons. The Balaban J connectivity index is 1.95. The van der Waals surface area contributed by atoms with Gasteiger partial charge >= 0.3 is 6.09 Å². The second-order valence-corrected chi connectivity index (χ2v) is 5.69. The normalized spacial score (nSPS) is 11.6. The molecule has 0 fully saturated rings. The van der Waals surface area contributed by atoms with Crippen molar-refractivity contribution >= 4 is 17.0 Å². The lowest BCUT2D eigenvalue weighted by atomic mass is 10.1. The Kier molecular flexibility index (Phi) is 3.88. The number of hydrogen-bond donors (Lipinski definition) is 3. The van der Waals surface area contributed by atoms with Crippen molar-refractivity contribution < 1.29 is 14.6 Å². The van der Waals surface area contributed by atoms with Crippen molar-refractivity contribution in [3.8, 4) is 5.75 Å². The van der Waals surface area contributed by atoms with Crippen molar-refractivity contribution in [3.05, 3.63) is 30.0 Å². The Labute approximate surface area is 117 Å². The van der Waals surface area contributed by atoms with Crippen LogP contribution in [0.15, 0.2) is 24.4 Å². The molecule has 0 unspecified atom stereocenters. The molecule has 5 heteroatoms. The number of amides is 1. The lowest BCUT2D eigenvalue weighted by Crippen LogP contribution is -2.33. The summed E-state index contributed by atoms with van der Waals surface area (Å²) in [5.74, 6) is 0.246. The van der Waals surface area contributed by atoms with Crippen LogP contribution < -0.4 is 5.32 Å². The monoisotopic (exact) mass is 276 g/mol. The van der Waals surface area contributed by atoms with E-state index in [-0.39, 0.29) is 5.75 Å². The minimum absolute atomic E-state index is 0.246. The predicted molar refractivity (Wildman–Crippen MR) is 77.9 cm³/mol. The van der Waals surface area contributed by atoms with E-state index in [0.717, 1.165) is 16.5 Å². The SMILES string of the molecule is CC(C)(C)OC(=O)NCCc1c[nH]c2cccc(O)c12. The van der Waals surface area contributed by atoms with Crippen LogP contribution in [-0.2, 0) is 11.2 Å². The molecule has 0 saturated heterocycles. The molecule has 1 aromatic carbocycles. The van der Waals surface area contributed by atoms with Gasteiger partial charge in [-0.2, -0.15) is 0 Å². The Morgan fingerprint density at radius 1 is 1.40 bits per heavy atom. The topological polar surface area (TPSA) is 74.3 Å². The van der Waals surface area contributed by atoms with E-state index < -0.39 is 11.7 Å². The lowest BCUT2D eigenvalue weighted by molar-refractivity contribution is 0.0528. The van der Waals surface area contributed by atoms with Gasteiger partial charge in [-0.05, 0) is 44.9 Å². The molecule has 0 atom stereocenters. The first-order valence-corrected chi connectivity index (χ1v) is 6.61. The molecule has 2 aromatic rings. The minimum Gasteiger partial charge on any atom is -0.507 e. The van der Waals surface area contributed by atoms with Crippen LogP contribution in [0.4, 0.5) is 4.79 Å². The fourth-order valence-electron chi connectivity index (χ4n) is 2.05. The molecule has 0 aliphatic carbocycles. The number of H-pyrrole nitrogens is 1. The standard InChI is InChI=1S/C15H20N2O3/c1-15(2,3)20-14(19)16-8-7-10-9-17-11-5-4-6-12(18)13(10)11/h4-6,9,17-18H,7-8H2,1-3H3,(H,16,19). The van der Waals surface area contributed by atoms with Gasteiger partial charge in [-0.15, -0.1) is 0 Å². The van der Waals surface area contributed by atoms with Gasteiger partial charge < -0.3 is 20.1 Å². The largest absolute Gasteiger partial charge is 0.507 e. The maximum atomic E-state index is 11.5. The maximum Gasteiger partial charge on any atom is 0.407 e. The molecule has 1 heterocycles. The fraction of sp³-hybridized carbons (Fsp3) is 0.400. The van der Waals surface area contributed by atoms with E-state index in [4.69, 9.17) is 4.74 Å². The van der Waals surface area contributed by atoms with Crippen LogP contribution in [0.3, 0.4) is 0 Å². The molecule has 0 radical (unpaired) electrons. The zero-order valence-corrected chi connectivity index (χ0v) is 12.0. The van der Waals surface area contributed by atoms with E-state index in [2.05, 4.69) is 10.3 Å². The van der Waals surface area contributed by atoms with Gasteiger partial charge in [-0.3, -0.25) is 0 Å². The number of carbonyl (C=O) groups is 1. The highest BCUT2D eigenvalue weighted by Gasteiger charge is 2.15. The number of rotatable bonds is 3. The number of alkyl carbamates (subject to hydrolysis) is 1. The van der Waals surface area contributed by atoms with Crippen molar-refractivity contribution in [2.75, 3.05) is 6.54 Å². The third-order valence-electron chi connectivity index (χ3n) is 2.83. The van der Waals surface area contributed by atoms with E-state index >= 15 is 0 Å². The molecule has 0 aliphatic rings. The first-order chi connectivity index (χ1) is 9.37. The molecule has 3 N–H and O–H groups in total. The average molecular weight is 276 g/mol.